The van der Waals surface area contributed by atoms with Crippen molar-refractivity contribution >= 4 is 0 Å². The molecule has 320 valence electrons. The normalized spacial score (nSPS) is 7.63. The highest BCUT2D eigenvalue weighted by molar-refractivity contribution is 5.38. The van der Waals surface area contributed by atoms with Gasteiger partial charge >= 0.3 is 0 Å². The Morgan fingerprint density at radius 3 is 0.407 bits per heavy atom. The molecule has 0 heterocycles. The monoisotopic (exact) mass is 765 g/mol. The van der Waals surface area contributed by atoms with Gasteiger partial charge in [0.05, 0.1) is 0 Å². The lowest BCUT2D eigenvalue weighted by molar-refractivity contribution is 0.399. The molecule has 0 aromatic heterocycles. The van der Waals surface area contributed by atoms with Crippen molar-refractivity contribution in [3.05, 3.63) is 144 Å². The summed E-state index contributed by atoms with van der Waals surface area (Å²) in [7, 11) is 6.00. The molecule has 4 rings (SSSR count). The van der Waals surface area contributed by atoms with Crippen molar-refractivity contribution in [1.82, 2.24) is 0 Å². The SMILES string of the molecule is CC.CC.CC.CC.CC.CC.CC(C)(c1ccccc1)c1ccccc1.CC(C)(c1ccccc1)c1ccccc1.CO.CO.CO.CO.CO.CO. The molecule has 0 amide bonds. The summed E-state index contributed by atoms with van der Waals surface area (Å²) in [5, 5.41) is 42.0. The van der Waals surface area contributed by atoms with E-state index in [4.69, 9.17) is 30.6 Å². The van der Waals surface area contributed by atoms with Crippen molar-refractivity contribution in [3.8, 4) is 0 Å². The van der Waals surface area contributed by atoms with Gasteiger partial charge in [-0.1, -0.05) is 232 Å². The van der Waals surface area contributed by atoms with E-state index >= 15 is 0 Å². The van der Waals surface area contributed by atoms with Gasteiger partial charge in [-0.15, -0.1) is 0 Å². The van der Waals surface area contributed by atoms with Crippen molar-refractivity contribution in [3.63, 3.8) is 0 Å². The Morgan fingerprint density at radius 2 is 0.315 bits per heavy atom. The molecule has 0 atom stereocenters. The second-order valence-corrected chi connectivity index (χ2v) is 8.71. The number of aliphatic hydroxyl groups excluding tert-OH is 6. The van der Waals surface area contributed by atoms with E-state index in [0.717, 1.165) is 42.7 Å². The summed E-state index contributed by atoms with van der Waals surface area (Å²) < 4.78 is 0. The standard InChI is InChI=1S/2C15H16.6C2H6.6CH4O/c2*1-15(2,13-9-5-3-6-10-13)14-11-7-4-8-12-14;12*1-2/h2*3-12H,1-2H3;6*1-2H3;6*2H,1H3. The van der Waals surface area contributed by atoms with E-state index in [0.29, 0.717) is 0 Å². The average Bonchev–Trinajstić information content (AvgIpc) is 3.33. The third-order valence-electron chi connectivity index (χ3n) is 5.98. The van der Waals surface area contributed by atoms with Crippen LogP contribution in [0.3, 0.4) is 0 Å². The van der Waals surface area contributed by atoms with Gasteiger partial charge in [-0.25, -0.2) is 0 Å². The first-order valence-electron chi connectivity index (χ1n) is 19.3. The van der Waals surface area contributed by atoms with E-state index in [9.17, 15) is 0 Å². The smallest absolute Gasteiger partial charge is 0.0319 e. The zero-order valence-corrected chi connectivity index (χ0v) is 39.2. The number of benzene rings is 4. The highest BCUT2D eigenvalue weighted by Crippen LogP contribution is 2.31. The van der Waals surface area contributed by atoms with Crippen LogP contribution in [-0.4, -0.2) is 73.3 Å². The van der Waals surface area contributed by atoms with Gasteiger partial charge in [-0.3, -0.25) is 0 Å². The molecule has 0 fully saturated rings. The summed E-state index contributed by atoms with van der Waals surface area (Å²) in [5.74, 6) is 0. The summed E-state index contributed by atoms with van der Waals surface area (Å²) in [6.45, 7) is 33.0. The van der Waals surface area contributed by atoms with Crippen LogP contribution in [0.25, 0.3) is 0 Å². The number of hydrogen-bond donors (Lipinski definition) is 6. The second kappa shape index (κ2) is 71.1. The van der Waals surface area contributed by atoms with Crippen LogP contribution in [0.15, 0.2) is 121 Å². The minimum atomic E-state index is 0.0858. The molecule has 0 saturated heterocycles. The molecule has 6 heteroatoms. The Kier molecular flexibility index (Phi) is 99.5. The van der Waals surface area contributed by atoms with Crippen molar-refractivity contribution in [2.45, 2.75) is 122 Å². The summed E-state index contributed by atoms with van der Waals surface area (Å²) in [6.07, 6.45) is 0. The van der Waals surface area contributed by atoms with Gasteiger partial charge in [-0.05, 0) is 22.3 Å². The van der Waals surface area contributed by atoms with E-state index in [1.165, 1.54) is 22.3 Å². The van der Waals surface area contributed by atoms with Gasteiger partial charge in [0.2, 0.25) is 0 Å². The maximum absolute atomic E-state index is 7.00. The van der Waals surface area contributed by atoms with Gasteiger partial charge in [0.25, 0.3) is 0 Å². The molecule has 54 heavy (non-hydrogen) atoms. The molecule has 6 N–H and O–H groups in total. The molecule has 6 nitrogen and oxygen atoms in total. The molecule has 0 aliphatic rings. The topological polar surface area (TPSA) is 121 Å². The first-order chi connectivity index (χ1) is 26.4. The zero-order valence-electron chi connectivity index (χ0n) is 39.2. The summed E-state index contributed by atoms with van der Waals surface area (Å²) in [5.41, 5.74) is 5.60. The van der Waals surface area contributed by atoms with E-state index in [2.05, 4.69) is 149 Å². The zero-order chi connectivity index (χ0) is 45.5. The fraction of sp³-hybridized carbons (Fsp3) is 0.500. The van der Waals surface area contributed by atoms with Crippen molar-refractivity contribution in [1.29, 1.82) is 0 Å². The lowest BCUT2D eigenvalue weighted by atomic mass is 9.78. The largest absolute Gasteiger partial charge is 0.400 e. The Hall–Kier alpha value is -3.36. The minimum Gasteiger partial charge on any atom is -0.400 e. The van der Waals surface area contributed by atoms with E-state index in [1.54, 1.807) is 0 Å². The highest BCUT2D eigenvalue weighted by atomic mass is 16.2. The molecule has 0 radical (unpaired) electrons. The van der Waals surface area contributed by atoms with Gasteiger partial charge in [-0.2, -0.15) is 0 Å². The predicted molar refractivity (Wildman–Crippen MR) is 247 cm³/mol. The molecule has 0 bridgehead atoms. The molecule has 4 aromatic rings. The molecule has 0 aliphatic heterocycles. The van der Waals surface area contributed by atoms with Gasteiger partial charge in [0.15, 0.2) is 0 Å². The fourth-order valence-corrected chi connectivity index (χ4v) is 3.75. The van der Waals surface area contributed by atoms with Crippen molar-refractivity contribution in [2.75, 3.05) is 42.7 Å². The average molecular weight is 765 g/mol. The van der Waals surface area contributed by atoms with Crippen LogP contribution < -0.4 is 0 Å². The van der Waals surface area contributed by atoms with Crippen molar-refractivity contribution in [2.24, 2.45) is 0 Å². The molecular weight excluding hydrogens is 673 g/mol. The lowest BCUT2D eigenvalue weighted by Crippen LogP contribution is -2.18. The van der Waals surface area contributed by atoms with Crippen LogP contribution >= 0.6 is 0 Å². The predicted octanol–water partition coefficient (Wildman–Crippen LogP) is 11.8. The minimum absolute atomic E-state index is 0.0858. The van der Waals surface area contributed by atoms with Crippen molar-refractivity contribution < 1.29 is 30.6 Å². The highest BCUT2D eigenvalue weighted by Gasteiger charge is 2.22. The van der Waals surface area contributed by atoms with Crippen LogP contribution in [0.5, 0.6) is 0 Å². The van der Waals surface area contributed by atoms with Crippen LogP contribution in [-0.2, 0) is 10.8 Å². The van der Waals surface area contributed by atoms with Crippen LogP contribution in [0, 0.1) is 0 Å². The Bertz CT molecular complexity index is 856. The van der Waals surface area contributed by atoms with Crippen LogP contribution in [0.4, 0.5) is 0 Å². The Balaban J connectivity index is -0.0000000578. The number of hydrogen-bond acceptors (Lipinski definition) is 6. The Labute approximate surface area is 337 Å². The van der Waals surface area contributed by atoms with Crippen LogP contribution in [0.2, 0.25) is 0 Å². The summed E-state index contributed by atoms with van der Waals surface area (Å²) >= 11 is 0. The second-order valence-electron chi connectivity index (χ2n) is 8.71. The van der Waals surface area contributed by atoms with Gasteiger partial charge < -0.3 is 30.6 Å². The first-order valence-corrected chi connectivity index (χ1v) is 19.3. The lowest BCUT2D eigenvalue weighted by Gasteiger charge is -2.25. The maximum Gasteiger partial charge on any atom is 0.0319 e. The number of rotatable bonds is 4. The quantitative estimate of drug-likeness (QED) is 0.123. The molecule has 0 unspecified atom stereocenters. The molecule has 0 saturated carbocycles. The molecule has 0 aliphatic carbocycles. The van der Waals surface area contributed by atoms with Gasteiger partial charge in [0, 0.05) is 53.5 Å². The summed E-state index contributed by atoms with van der Waals surface area (Å²) in [4.78, 5) is 0. The molecule has 4 aromatic carbocycles. The fourth-order valence-electron chi connectivity index (χ4n) is 3.75. The number of aliphatic hydroxyl groups is 6. The third kappa shape index (κ3) is 39.8. The van der Waals surface area contributed by atoms with Crippen LogP contribution in [0.1, 0.15) is 133 Å². The van der Waals surface area contributed by atoms with Gasteiger partial charge in [0.1, 0.15) is 0 Å². The first kappa shape index (κ1) is 75.6. The summed E-state index contributed by atoms with van der Waals surface area (Å²) in [6, 6.07) is 42.5. The third-order valence-corrected chi connectivity index (χ3v) is 5.98. The Morgan fingerprint density at radius 1 is 0.222 bits per heavy atom. The molecule has 0 spiro atoms. The van der Waals surface area contributed by atoms with E-state index < -0.39 is 0 Å². The van der Waals surface area contributed by atoms with E-state index in [-0.39, 0.29) is 10.8 Å². The van der Waals surface area contributed by atoms with E-state index in [1.807, 2.05) is 83.1 Å². The maximum atomic E-state index is 7.00. The molecular formula is C48H92O6.